The van der Waals surface area contributed by atoms with Gasteiger partial charge in [0.2, 0.25) is 0 Å². The number of Topliss-reactive ketones (excluding diaryl/α,β-unsaturated/α-hetero) is 1. The van der Waals surface area contributed by atoms with Crippen LogP contribution in [0.15, 0.2) is 12.7 Å². The Kier molecular flexibility index (Phi) is 8.00. The third-order valence-corrected chi connectivity index (χ3v) is 3.67. The number of amides is 1. The fourth-order valence-corrected chi connectivity index (χ4v) is 2.49. The first-order valence-electron chi connectivity index (χ1n) is 7.75. The summed E-state index contributed by atoms with van der Waals surface area (Å²) in [6.45, 7) is 6.60. The number of carbonyl (C=O) groups excluding carboxylic acids is 2. The molecule has 1 fully saturated rings. The number of hydrogen-bond donors (Lipinski definition) is 0. The van der Waals surface area contributed by atoms with Gasteiger partial charge in [0.1, 0.15) is 12.4 Å². The molecule has 1 amide bonds. The van der Waals surface area contributed by atoms with E-state index in [2.05, 4.69) is 13.5 Å². The van der Waals surface area contributed by atoms with E-state index in [0.29, 0.717) is 26.0 Å². The van der Waals surface area contributed by atoms with E-state index in [9.17, 15) is 9.59 Å². The van der Waals surface area contributed by atoms with Crippen molar-refractivity contribution in [2.75, 3.05) is 13.2 Å². The van der Waals surface area contributed by atoms with Gasteiger partial charge in [-0.25, -0.2) is 4.79 Å². The van der Waals surface area contributed by atoms with Gasteiger partial charge >= 0.3 is 6.09 Å². The molecule has 0 bridgehead atoms. The summed E-state index contributed by atoms with van der Waals surface area (Å²) >= 11 is 0. The quantitative estimate of drug-likeness (QED) is 0.428. The van der Waals surface area contributed by atoms with Crippen molar-refractivity contribution in [2.45, 2.75) is 64.3 Å². The van der Waals surface area contributed by atoms with Gasteiger partial charge in [0, 0.05) is 19.4 Å². The molecule has 20 heavy (non-hydrogen) atoms. The first-order valence-corrected chi connectivity index (χ1v) is 7.75. The number of unbranched alkanes of at least 4 members (excludes halogenated alkanes) is 5. The second-order valence-corrected chi connectivity index (χ2v) is 5.43. The summed E-state index contributed by atoms with van der Waals surface area (Å²) < 4.78 is 4.99. The summed E-state index contributed by atoms with van der Waals surface area (Å²) in [7, 11) is 0. The standard InChI is InChI=1S/C16H27NO3/c1-3-5-6-7-8-9-10-15(18)12-14-13-20-16(19)17(14)11-4-2/h4,14H,2-3,5-13H2,1H3. The van der Waals surface area contributed by atoms with Crippen molar-refractivity contribution in [3.05, 3.63) is 12.7 Å². The molecular formula is C16H27NO3. The fourth-order valence-electron chi connectivity index (χ4n) is 2.49. The molecule has 4 heteroatoms. The van der Waals surface area contributed by atoms with Crippen molar-refractivity contribution in [2.24, 2.45) is 0 Å². The van der Waals surface area contributed by atoms with Crippen LogP contribution >= 0.6 is 0 Å². The fraction of sp³-hybridized carbons (Fsp3) is 0.750. The Labute approximate surface area is 122 Å². The Morgan fingerprint density at radius 2 is 2.05 bits per heavy atom. The molecule has 1 atom stereocenters. The van der Waals surface area contributed by atoms with E-state index < -0.39 is 0 Å². The summed E-state index contributed by atoms with van der Waals surface area (Å²) in [5, 5.41) is 0. The lowest BCUT2D eigenvalue weighted by Crippen LogP contribution is -2.35. The molecular weight excluding hydrogens is 254 g/mol. The highest BCUT2D eigenvalue weighted by Gasteiger charge is 2.33. The largest absolute Gasteiger partial charge is 0.447 e. The molecule has 1 rings (SSSR count). The highest BCUT2D eigenvalue weighted by molar-refractivity contribution is 5.80. The minimum atomic E-state index is -0.331. The third-order valence-electron chi connectivity index (χ3n) is 3.67. The van der Waals surface area contributed by atoms with Crippen LogP contribution in [-0.4, -0.2) is 36.0 Å². The molecule has 1 unspecified atom stereocenters. The number of rotatable bonds is 11. The van der Waals surface area contributed by atoms with Crippen LogP contribution in [-0.2, 0) is 9.53 Å². The number of ether oxygens (including phenoxy) is 1. The summed E-state index contributed by atoms with van der Waals surface area (Å²) in [5.74, 6) is 0.234. The Hall–Kier alpha value is -1.32. The Balaban J connectivity index is 2.18. The first kappa shape index (κ1) is 16.7. The lowest BCUT2D eigenvalue weighted by Gasteiger charge is -2.18. The third kappa shape index (κ3) is 5.76. The van der Waals surface area contributed by atoms with E-state index in [0.717, 1.165) is 12.8 Å². The van der Waals surface area contributed by atoms with Crippen LogP contribution in [0, 0.1) is 0 Å². The van der Waals surface area contributed by atoms with Crippen molar-refractivity contribution in [1.29, 1.82) is 0 Å². The van der Waals surface area contributed by atoms with Gasteiger partial charge in [0.05, 0.1) is 6.04 Å². The highest BCUT2D eigenvalue weighted by Crippen LogP contribution is 2.17. The van der Waals surface area contributed by atoms with Crippen LogP contribution in [0.25, 0.3) is 0 Å². The first-order chi connectivity index (χ1) is 9.69. The summed E-state index contributed by atoms with van der Waals surface area (Å²) in [5.41, 5.74) is 0. The van der Waals surface area contributed by atoms with Gasteiger partial charge in [-0.05, 0) is 6.42 Å². The lowest BCUT2D eigenvalue weighted by molar-refractivity contribution is -0.120. The zero-order valence-electron chi connectivity index (χ0n) is 12.6. The van der Waals surface area contributed by atoms with Crippen molar-refractivity contribution in [1.82, 2.24) is 4.90 Å². The SMILES string of the molecule is C=CCN1C(=O)OCC1CC(=O)CCCCCCCC. The second-order valence-electron chi connectivity index (χ2n) is 5.43. The minimum Gasteiger partial charge on any atom is -0.447 e. The molecule has 1 heterocycles. The summed E-state index contributed by atoms with van der Waals surface area (Å²) in [4.78, 5) is 25.0. The van der Waals surface area contributed by atoms with Crippen molar-refractivity contribution in [3.63, 3.8) is 0 Å². The molecule has 1 aliphatic heterocycles. The van der Waals surface area contributed by atoms with E-state index in [1.165, 1.54) is 25.7 Å². The van der Waals surface area contributed by atoms with Gasteiger partial charge in [-0.2, -0.15) is 0 Å². The average Bonchev–Trinajstić information content (AvgIpc) is 2.76. The molecule has 0 aromatic carbocycles. The molecule has 4 nitrogen and oxygen atoms in total. The molecule has 0 aliphatic carbocycles. The lowest BCUT2D eigenvalue weighted by atomic mass is 10.0. The second kappa shape index (κ2) is 9.56. The Morgan fingerprint density at radius 3 is 2.75 bits per heavy atom. The molecule has 114 valence electrons. The normalized spacial score (nSPS) is 18.1. The zero-order chi connectivity index (χ0) is 14.8. The predicted molar refractivity (Wildman–Crippen MR) is 79.7 cm³/mol. The molecule has 0 saturated carbocycles. The Morgan fingerprint density at radius 1 is 1.35 bits per heavy atom. The minimum absolute atomic E-state index is 0.104. The van der Waals surface area contributed by atoms with Gasteiger partial charge in [-0.15, -0.1) is 6.58 Å². The number of cyclic esters (lactones) is 1. The summed E-state index contributed by atoms with van der Waals surface area (Å²) in [6.07, 6.45) is 9.47. The van der Waals surface area contributed by atoms with Crippen LogP contribution in [0.2, 0.25) is 0 Å². The maximum absolute atomic E-state index is 11.9. The van der Waals surface area contributed by atoms with Gasteiger partial charge in [0.15, 0.2) is 0 Å². The van der Waals surface area contributed by atoms with Crippen LogP contribution in [0.4, 0.5) is 4.79 Å². The molecule has 1 saturated heterocycles. The maximum atomic E-state index is 11.9. The van der Waals surface area contributed by atoms with Crippen molar-refractivity contribution in [3.8, 4) is 0 Å². The average molecular weight is 281 g/mol. The Bertz CT molecular complexity index is 328. The van der Waals surface area contributed by atoms with Gasteiger partial charge in [0.25, 0.3) is 0 Å². The topological polar surface area (TPSA) is 46.6 Å². The van der Waals surface area contributed by atoms with Crippen LogP contribution in [0.3, 0.4) is 0 Å². The number of hydrogen-bond acceptors (Lipinski definition) is 3. The van der Waals surface area contributed by atoms with E-state index in [-0.39, 0.29) is 17.9 Å². The molecule has 0 aromatic rings. The molecule has 0 aromatic heterocycles. The smallest absolute Gasteiger partial charge is 0.410 e. The van der Waals surface area contributed by atoms with Crippen LogP contribution < -0.4 is 0 Å². The van der Waals surface area contributed by atoms with Gasteiger partial charge in [-0.1, -0.05) is 45.1 Å². The maximum Gasteiger partial charge on any atom is 0.410 e. The predicted octanol–water partition coefficient (Wildman–Crippen LogP) is 3.70. The molecule has 0 spiro atoms. The highest BCUT2D eigenvalue weighted by atomic mass is 16.6. The van der Waals surface area contributed by atoms with Crippen molar-refractivity contribution >= 4 is 11.9 Å². The van der Waals surface area contributed by atoms with Crippen LogP contribution in [0.1, 0.15) is 58.3 Å². The van der Waals surface area contributed by atoms with E-state index in [4.69, 9.17) is 4.74 Å². The molecule has 1 aliphatic rings. The number of carbonyl (C=O) groups is 2. The molecule has 0 radical (unpaired) electrons. The number of nitrogens with zero attached hydrogens (tertiary/aromatic N) is 1. The molecule has 0 N–H and O–H groups in total. The van der Waals surface area contributed by atoms with Crippen LogP contribution in [0.5, 0.6) is 0 Å². The monoisotopic (exact) mass is 281 g/mol. The van der Waals surface area contributed by atoms with Gasteiger partial charge < -0.3 is 4.74 Å². The summed E-state index contributed by atoms with van der Waals surface area (Å²) in [6, 6.07) is -0.104. The van der Waals surface area contributed by atoms with Gasteiger partial charge in [-0.3, -0.25) is 9.69 Å². The van der Waals surface area contributed by atoms with E-state index >= 15 is 0 Å². The van der Waals surface area contributed by atoms with Crippen molar-refractivity contribution < 1.29 is 14.3 Å². The van der Waals surface area contributed by atoms with E-state index in [1.54, 1.807) is 11.0 Å². The number of ketones is 1. The van der Waals surface area contributed by atoms with E-state index in [1.807, 2.05) is 0 Å². The zero-order valence-corrected chi connectivity index (χ0v) is 12.6.